The van der Waals surface area contributed by atoms with Gasteiger partial charge in [-0.1, -0.05) is 48.0 Å². The second-order valence-electron chi connectivity index (χ2n) is 8.07. The maximum atomic E-state index is 15.5. The predicted octanol–water partition coefficient (Wildman–Crippen LogP) is 5.25. The number of carboxylic acid groups (broad SMARTS) is 1. The molecule has 1 amide bonds. The zero-order valence-electron chi connectivity index (χ0n) is 21.0. The summed E-state index contributed by atoms with van der Waals surface area (Å²) >= 11 is 6.49. The first kappa shape index (κ1) is 31.5. The molecule has 7 nitrogen and oxygen atoms in total. The van der Waals surface area contributed by atoms with Gasteiger partial charge in [0.1, 0.15) is 6.61 Å². The topological polar surface area (TPSA) is 111 Å². The van der Waals surface area contributed by atoms with Crippen LogP contribution in [0.3, 0.4) is 0 Å². The van der Waals surface area contributed by atoms with Crippen molar-refractivity contribution in [2.45, 2.75) is 12.1 Å². The van der Waals surface area contributed by atoms with E-state index in [9.17, 15) is 18.0 Å². The molecule has 1 unspecified atom stereocenters. The Kier molecular flexibility index (Phi) is 11.7. The smallest absolute Gasteiger partial charge is 0.488 e. The van der Waals surface area contributed by atoms with Crippen LogP contribution >= 0.6 is 11.6 Å². The molecule has 0 fully saturated rings. The summed E-state index contributed by atoms with van der Waals surface area (Å²) in [6.45, 7) is 1.12. The highest BCUT2D eigenvalue weighted by molar-refractivity contribution is 6.33. The lowest BCUT2D eigenvalue weighted by Gasteiger charge is -2.20. The van der Waals surface area contributed by atoms with Crippen molar-refractivity contribution < 1.29 is 41.7 Å². The van der Waals surface area contributed by atoms with Gasteiger partial charge in [-0.2, -0.15) is 13.2 Å². The first-order chi connectivity index (χ1) is 18.4. The van der Waals surface area contributed by atoms with E-state index in [1.54, 1.807) is 12.1 Å². The van der Waals surface area contributed by atoms with E-state index in [0.717, 1.165) is 11.1 Å². The number of halogens is 5. The quantitative estimate of drug-likeness (QED) is 0.227. The van der Waals surface area contributed by atoms with E-state index in [1.165, 1.54) is 19.2 Å². The summed E-state index contributed by atoms with van der Waals surface area (Å²) in [5.74, 6) is -4.20. The molecule has 39 heavy (non-hydrogen) atoms. The van der Waals surface area contributed by atoms with Gasteiger partial charge in [-0.15, -0.1) is 0 Å². The number of benzene rings is 3. The number of carbonyl (C=O) groups is 2. The fourth-order valence-electron chi connectivity index (χ4n) is 3.64. The van der Waals surface area contributed by atoms with Gasteiger partial charge in [-0.05, 0) is 42.4 Å². The predicted molar refractivity (Wildman–Crippen MR) is 139 cm³/mol. The summed E-state index contributed by atoms with van der Waals surface area (Å²) in [5, 5.41) is 10.6. The third-order valence-corrected chi connectivity index (χ3v) is 5.76. The molecule has 0 radical (unpaired) electrons. The maximum Gasteiger partial charge on any atom is 0.490 e. The van der Waals surface area contributed by atoms with Crippen molar-refractivity contribution in [1.29, 1.82) is 0 Å². The summed E-state index contributed by atoms with van der Waals surface area (Å²) in [6.07, 6.45) is -5.08. The Morgan fingerprint density at radius 2 is 1.69 bits per heavy atom. The molecule has 210 valence electrons. The third kappa shape index (κ3) is 8.67. The van der Waals surface area contributed by atoms with Gasteiger partial charge in [0.2, 0.25) is 5.91 Å². The van der Waals surface area contributed by atoms with Crippen LogP contribution in [0, 0.1) is 5.82 Å². The summed E-state index contributed by atoms with van der Waals surface area (Å²) < 4.78 is 57.7. The molecule has 0 saturated carbocycles. The Labute approximate surface area is 227 Å². The first-order valence-corrected chi connectivity index (χ1v) is 11.8. The molecule has 1 atom stereocenters. The number of hydrogen-bond acceptors (Lipinski definition) is 5. The van der Waals surface area contributed by atoms with Crippen LogP contribution in [0.5, 0.6) is 5.75 Å². The molecule has 0 saturated heterocycles. The highest BCUT2D eigenvalue weighted by Gasteiger charge is 2.38. The summed E-state index contributed by atoms with van der Waals surface area (Å²) in [6, 6.07) is 18.2. The first-order valence-electron chi connectivity index (χ1n) is 11.5. The Morgan fingerprint density at radius 1 is 1.05 bits per heavy atom. The van der Waals surface area contributed by atoms with E-state index in [-0.39, 0.29) is 29.4 Å². The number of amides is 1. The minimum absolute atomic E-state index is 0.00144. The van der Waals surface area contributed by atoms with Crippen molar-refractivity contribution in [3.05, 3.63) is 88.2 Å². The van der Waals surface area contributed by atoms with Gasteiger partial charge in [0.05, 0.1) is 12.2 Å². The third-order valence-electron chi connectivity index (χ3n) is 5.43. The molecule has 12 heteroatoms. The van der Waals surface area contributed by atoms with E-state index >= 15 is 4.39 Å². The van der Waals surface area contributed by atoms with Gasteiger partial charge < -0.3 is 25.6 Å². The molecule has 3 aromatic rings. The van der Waals surface area contributed by atoms with Crippen LogP contribution in [0.1, 0.15) is 27.4 Å². The molecular weight excluding hydrogens is 544 g/mol. The maximum absolute atomic E-state index is 15.5. The van der Waals surface area contributed by atoms with E-state index in [0.29, 0.717) is 23.7 Å². The molecule has 0 aliphatic rings. The number of hydrogen-bond donors (Lipinski definition) is 3. The normalized spacial score (nSPS) is 11.8. The van der Waals surface area contributed by atoms with Crippen molar-refractivity contribution in [3.8, 4) is 16.9 Å². The minimum Gasteiger partial charge on any atom is -0.488 e. The number of ether oxygens (including phenoxy) is 2. The van der Waals surface area contributed by atoms with Crippen LogP contribution in [-0.4, -0.2) is 57.1 Å². The lowest BCUT2D eigenvalue weighted by molar-refractivity contribution is -0.192. The zero-order chi connectivity index (χ0) is 29.2. The highest BCUT2D eigenvalue weighted by atomic mass is 35.5. The number of rotatable bonds is 10. The van der Waals surface area contributed by atoms with Gasteiger partial charge in [0.15, 0.2) is 11.6 Å². The number of alkyl halides is 3. The minimum atomic E-state index is -5.08. The van der Waals surface area contributed by atoms with E-state index in [4.69, 9.17) is 36.7 Å². The van der Waals surface area contributed by atoms with Crippen molar-refractivity contribution >= 4 is 23.5 Å². The van der Waals surface area contributed by atoms with E-state index < -0.39 is 23.9 Å². The molecule has 0 aliphatic carbocycles. The molecular formula is C27H27ClF4N2O5. The lowest BCUT2D eigenvalue weighted by Crippen LogP contribution is -2.21. The second kappa shape index (κ2) is 14.5. The Hall–Kier alpha value is -3.67. The summed E-state index contributed by atoms with van der Waals surface area (Å²) in [5.41, 5.74) is 8.02. The van der Waals surface area contributed by atoms with Crippen LogP contribution in [0.4, 0.5) is 17.6 Å². The molecule has 4 N–H and O–H groups in total. The average molecular weight is 571 g/mol. The fraction of sp³-hybridized carbons (Fsp3) is 0.259. The molecule has 0 heterocycles. The average Bonchev–Trinajstić information content (AvgIpc) is 2.89. The molecule has 3 rings (SSSR count). The van der Waals surface area contributed by atoms with Crippen molar-refractivity contribution in [3.63, 3.8) is 0 Å². The largest absolute Gasteiger partial charge is 0.490 e. The number of aliphatic carboxylic acids is 1. The highest BCUT2D eigenvalue weighted by Crippen LogP contribution is 2.39. The van der Waals surface area contributed by atoms with E-state index in [2.05, 4.69) is 5.32 Å². The number of nitrogens with two attached hydrogens (primary N) is 1. The van der Waals surface area contributed by atoms with Crippen molar-refractivity contribution in [1.82, 2.24) is 5.32 Å². The monoisotopic (exact) mass is 570 g/mol. The van der Waals surface area contributed by atoms with Crippen LogP contribution in [-0.2, 0) is 9.53 Å². The van der Waals surface area contributed by atoms with Crippen molar-refractivity contribution in [2.75, 3.05) is 33.9 Å². The number of nitrogens with one attached hydrogen (secondary N) is 1. The van der Waals surface area contributed by atoms with Gasteiger partial charge >= 0.3 is 12.1 Å². The Balaban J connectivity index is 0.000000673. The summed E-state index contributed by atoms with van der Waals surface area (Å²) in [4.78, 5) is 21.0. The number of methoxy groups -OCH3 is 1. The van der Waals surface area contributed by atoms with Crippen LogP contribution in [0.25, 0.3) is 11.1 Å². The second-order valence-corrected chi connectivity index (χ2v) is 8.48. The van der Waals surface area contributed by atoms with Crippen LogP contribution in [0.2, 0.25) is 5.02 Å². The van der Waals surface area contributed by atoms with Gasteiger partial charge in [0, 0.05) is 35.7 Å². The molecule has 0 spiro atoms. The summed E-state index contributed by atoms with van der Waals surface area (Å²) in [7, 11) is 3.40. The molecule has 3 aromatic carbocycles. The number of carbonyl (C=O) groups excluding carboxylic acids is 1. The van der Waals surface area contributed by atoms with Gasteiger partial charge in [0.25, 0.3) is 0 Å². The van der Waals surface area contributed by atoms with Crippen LogP contribution in [0.15, 0.2) is 60.7 Å². The molecule has 0 aromatic heterocycles. The lowest BCUT2D eigenvalue weighted by atomic mass is 9.88. The molecule has 0 aliphatic heterocycles. The van der Waals surface area contributed by atoms with Gasteiger partial charge in [-0.25, -0.2) is 9.18 Å². The van der Waals surface area contributed by atoms with Gasteiger partial charge in [-0.3, -0.25) is 4.79 Å². The fourth-order valence-corrected chi connectivity index (χ4v) is 3.85. The Morgan fingerprint density at radius 3 is 2.23 bits per heavy atom. The zero-order valence-corrected chi connectivity index (χ0v) is 21.8. The number of carboxylic acids is 1. The Bertz CT molecular complexity index is 1270. The van der Waals surface area contributed by atoms with Crippen LogP contribution < -0.4 is 15.8 Å². The number of likely N-dealkylation sites (N-methyl/N-ethyl adjacent to an activating group) is 1. The molecule has 0 bridgehead atoms. The van der Waals surface area contributed by atoms with E-state index in [1.807, 2.05) is 43.4 Å². The van der Waals surface area contributed by atoms with Crippen molar-refractivity contribution in [2.24, 2.45) is 5.73 Å². The SMILES string of the molecule is CNCC(c1ccccc1)c1ccc(Cl)c(-c2c(C(N)=O)ccc(OCCOC)c2F)c1.O=C(O)C(F)(F)F. The number of primary amides is 1. The standard InChI is InChI=1S/C25H26ClFN2O3.C2HF3O2/c1-29-15-20(16-6-4-3-5-7-16)17-8-10-21(26)19(14-17)23-18(25(28)30)9-11-22(24(23)27)32-13-12-31-2;3-2(4,5)1(6)7/h3-11,14,20,29H,12-13,15H2,1-2H3,(H2,28,30);(H,6,7).